The summed E-state index contributed by atoms with van der Waals surface area (Å²) >= 11 is 1.80. The number of nitrogens with zero attached hydrogens (tertiary/aromatic N) is 3. The van der Waals surface area contributed by atoms with Gasteiger partial charge in [0.05, 0.1) is 0 Å². The monoisotopic (exact) mass is 226 g/mol. The minimum absolute atomic E-state index is 0.650. The zero-order valence-corrected chi connectivity index (χ0v) is 10.1. The van der Waals surface area contributed by atoms with Gasteiger partial charge in [0.25, 0.3) is 0 Å². The van der Waals surface area contributed by atoms with E-state index in [1.807, 2.05) is 11.6 Å². The normalized spacial score (nSPS) is 18.0. The second-order valence-corrected chi connectivity index (χ2v) is 5.02. The van der Waals surface area contributed by atoms with Gasteiger partial charge in [0.15, 0.2) is 5.16 Å². The quantitative estimate of drug-likeness (QED) is 0.742. The SMILES string of the molecule is CCNC(CSc1nncn1C)C1CC1. The topological polar surface area (TPSA) is 42.7 Å². The lowest BCUT2D eigenvalue weighted by molar-refractivity contribution is 0.519. The van der Waals surface area contributed by atoms with Crippen molar-refractivity contribution < 1.29 is 0 Å². The Bertz CT molecular complexity index is 308. The molecule has 0 radical (unpaired) electrons. The number of thioether (sulfide) groups is 1. The third kappa shape index (κ3) is 2.95. The summed E-state index contributed by atoms with van der Waals surface area (Å²) < 4.78 is 1.97. The van der Waals surface area contributed by atoms with Crippen molar-refractivity contribution in [3.05, 3.63) is 6.33 Å². The molecule has 1 aliphatic carbocycles. The van der Waals surface area contributed by atoms with E-state index in [-0.39, 0.29) is 0 Å². The Labute approximate surface area is 94.8 Å². The van der Waals surface area contributed by atoms with Crippen LogP contribution in [0.3, 0.4) is 0 Å². The first-order valence-electron chi connectivity index (χ1n) is 5.51. The summed E-state index contributed by atoms with van der Waals surface area (Å²) in [5.74, 6) is 2.00. The van der Waals surface area contributed by atoms with E-state index in [0.29, 0.717) is 6.04 Å². The van der Waals surface area contributed by atoms with Crippen molar-refractivity contribution in [2.24, 2.45) is 13.0 Å². The summed E-state index contributed by atoms with van der Waals surface area (Å²) in [4.78, 5) is 0. The summed E-state index contributed by atoms with van der Waals surface area (Å²) in [5, 5.41) is 12.5. The zero-order valence-electron chi connectivity index (χ0n) is 9.31. The van der Waals surface area contributed by atoms with Crippen LogP contribution < -0.4 is 5.32 Å². The minimum atomic E-state index is 0.650. The van der Waals surface area contributed by atoms with E-state index in [2.05, 4.69) is 22.4 Å². The molecule has 4 nitrogen and oxygen atoms in total. The molecule has 1 atom stereocenters. The Balaban J connectivity index is 1.82. The Kier molecular flexibility index (Phi) is 3.64. The highest BCUT2D eigenvalue weighted by atomic mass is 32.2. The molecule has 1 unspecified atom stereocenters. The number of hydrogen-bond donors (Lipinski definition) is 1. The van der Waals surface area contributed by atoms with Gasteiger partial charge in [0.1, 0.15) is 6.33 Å². The van der Waals surface area contributed by atoms with E-state index in [4.69, 9.17) is 0 Å². The van der Waals surface area contributed by atoms with Crippen LogP contribution in [-0.2, 0) is 7.05 Å². The molecular formula is C10H18N4S. The average molecular weight is 226 g/mol. The van der Waals surface area contributed by atoms with Crippen molar-refractivity contribution in [1.82, 2.24) is 20.1 Å². The molecule has 0 bridgehead atoms. The second-order valence-electron chi connectivity index (χ2n) is 4.04. The van der Waals surface area contributed by atoms with E-state index in [9.17, 15) is 0 Å². The summed E-state index contributed by atoms with van der Waals surface area (Å²) in [7, 11) is 1.99. The van der Waals surface area contributed by atoms with Gasteiger partial charge in [0, 0.05) is 18.8 Å². The molecule has 84 valence electrons. The van der Waals surface area contributed by atoms with Gasteiger partial charge >= 0.3 is 0 Å². The third-order valence-corrected chi connectivity index (χ3v) is 3.87. The van der Waals surface area contributed by atoms with Crippen LogP contribution in [0.5, 0.6) is 0 Å². The molecule has 5 heteroatoms. The zero-order chi connectivity index (χ0) is 10.7. The first-order valence-corrected chi connectivity index (χ1v) is 6.50. The highest BCUT2D eigenvalue weighted by Gasteiger charge is 2.30. The predicted molar refractivity (Wildman–Crippen MR) is 61.9 cm³/mol. The van der Waals surface area contributed by atoms with Crippen molar-refractivity contribution >= 4 is 11.8 Å². The average Bonchev–Trinajstić information content (AvgIpc) is 2.98. The largest absolute Gasteiger partial charge is 0.313 e. The number of nitrogens with one attached hydrogen (secondary N) is 1. The minimum Gasteiger partial charge on any atom is -0.313 e. The molecule has 0 aromatic carbocycles. The van der Waals surface area contributed by atoms with Gasteiger partial charge in [-0.25, -0.2) is 0 Å². The summed E-state index contributed by atoms with van der Waals surface area (Å²) in [6.07, 6.45) is 4.52. The fourth-order valence-electron chi connectivity index (χ4n) is 1.69. The van der Waals surface area contributed by atoms with Crippen molar-refractivity contribution in [3.8, 4) is 0 Å². The molecule has 1 fully saturated rings. The molecule has 2 rings (SSSR count). The van der Waals surface area contributed by atoms with Crippen molar-refractivity contribution in [2.45, 2.75) is 31.0 Å². The highest BCUT2D eigenvalue weighted by molar-refractivity contribution is 7.99. The lowest BCUT2D eigenvalue weighted by atomic mass is 10.2. The van der Waals surface area contributed by atoms with Crippen LogP contribution in [0, 0.1) is 5.92 Å². The van der Waals surface area contributed by atoms with Crippen LogP contribution in [0.4, 0.5) is 0 Å². The van der Waals surface area contributed by atoms with E-state index >= 15 is 0 Å². The van der Waals surface area contributed by atoms with Crippen molar-refractivity contribution in [1.29, 1.82) is 0 Å². The molecule has 15 heavy (non-hydrogen) atoms. The molecule has 0 spiro atoms. The second kappa shape index (κ2) is 4.99. The first-order chi connectivity index (χ1) is 7.31. The van der Waals surface area contributed by atoms with Crippen LogP contribution >= 0.6 is 11.8 Å². The van der Waals surface area contributed by atoms with Gasteiger partial charge in [0.2, 0.25) is 0 Å². The van der Waals surface area contributed by atoms with Crippen molar-refractivity contribution in [3.63, 3.8) is 0 Å². The Hall–Kier alpha value is -0.550. The molecule has 1 N–H and O–H groups in total. The summed E-state index contributed by atoms with van der Waals surface area (Å²) in [5.41, 5.74) is 0. The number of aryl methyl sites for hydroxylation is 1. The maximum absolute atomic E-state index is 4.08. The number of aromatic nitrogens is 3. The van der Waals surface area contributed by atoms with Crippen LogP contribution in [0.15, 0.2) is 11.5 Å². The fourth-order valence-corrected chi connectivity index (χ4v) is 2.76. The molecule has 0 saturated heterocycles. The van der Waals surface area contributed by atoms with Gasteiger partial charge in [-0.1, -0.05) is 18.7 Å². The molecule has 0 aliphatic heterocycles. The Morgan fingerprint density at radius 2 is 2.47 bits per heavy atom. The van der Waals surface area contributed by atoms with Gasteiger partial charge in [-0.2, -0.15) is 0 Å². The van der Waals surface area contributed by atoms with E-state index in [0.717, 1.165) is 23.4 Å². The van der Waals surface area contributed by atoms with E-state index < -0.39 is 0 Å². The smallest absolute Gasteiger partial charge is 0.190 e. The lowest BCUT2D eigenvalue weighted by Crippen LogP contribution is -2.33. The molecule has 1 saturated carbocycles. The standard InChI is InChI=1S/C10H18N4S/c1-3-11-9(8-4-5-8)6-15-10-13-12-7-14(10)2/h7-9,11H,3-6H2,1-2H3. The van der Waals surface area contributed by atoms with E-state index in [1.54, 1.807) is 18.1 Å². The highest BCUT2D eigenvalue weighted by Crippen LogP contribution is 2.34. The van der Waals surface area contributed by atoms with Crippen LogP contribution in [0.2, 0.25) is 0 Å². The molecule has 1 heterocycles. The Morgan fingerprint density at radius 1 is 1.67 bits per heavy atom. The maximum Gasteiger partial charge on any atom is 0.190 e. The molecule has 1 aliphatic rings. The molecule has 0 amide bonds. The van der Waals surface area contributed by atoms with Crippen molar-refractivity contribution in [2.75, 3.05) is 12.3 Å². The first kappa shape index (κ1) is 11.0. The summed E-state index contributed by atoms with van der Waals surface area (Å²) in [6, 6.07) is 0.650. The third-order valence-electron chi connectivity index (χ3n) is 2.72. The fraction of sp³-hybridized carbons (Fsp3) is 0.800. The van der Waals surface area contributed by atoms with Gasteiger partial charge in [-0.05, 0) is 25.3 Å². The van der Waals surface area contributed by atoms with Crippen LogP contribution in [0.25, 0.3) is 0 Å². The lowest BCUT2D eigenvalue weighted by Gasteiger charge is -2.15. The van der Waals surface area contributed by atoms with Gasteiger partial charge in [-0.3, -0.25) is 0 Å². The number of hydrogen-bond acceptors (Lipinski definition) is 4. The molecule has 1 aromatic heterocycles. The Morgan fingerprint density at radius 3 is 3.00 bits per heavy atom. The maximum atomic E-state index is 4.08. The van der Waals surface area contributed by atoms with Crippen LogP contribution in [0.1, 0.15) is 19.8 Å². The molecule has 1 aromatic rings. The van der Waals surface area contributed by atoms with Gasteiger partial charge in [-0.15, -0.1) is 10.2 Å². The van der Waals surface area contributed by atoms with E-state index in [1.165, 1.54) is 12.8 Å². The summed E-state index contributed by atoms with van der Waals surface area (Å²) in [6.45, 7) is 3.23. The van der Waals surface area contributed by atoms with Crippen LogP contribution in [-0.4, -0.2) is 33.1 Å². The predicted octanol–water partition coefficient (Wildman–Crippen LogP) is 1.30. The van der Waals surface area contributed by atoms with Gasteiger partial charge < -0.3 is 9.88 Å². The molecular weight excluding hydrogens is 208 g/mol. The number of rotatable bonds is 6.